The van der Waals surface area contributed by atoms with Crippen molar-refractivity contribution in [1.29, 1.82) is 0 Å². The topological polar surface area (TPSA) is 117 Å². The third kappa shape index (κ3) is 5.14. The molecule has 0 aliphatic rings. The van der Waals surface area contributed by atoms with Gasteiger partial charge in [-0.1, -0.05) is 30.7 Å². The molecule has 0 spiro atoms. The van der Waals surface area contributed by atoms with Gasteiger partial charge in [-0.05, 0) is 42.8 Å². The first-order valence-electron chi connectivity index (χ1n) is 9.42. The lowest BCUT2D eigenvalue weighted by molar-refractivity contribution is -0.167. The highest BCUT2D eigenvalue weighted by Crippen LogP contribution is 2.29. The van der Waals surface area contributed by atoms with E-state index in [0.717, 1.165) is 4.57 Å². The number of halogens is 4. The molecular formula is C21H16ClF3N4O4. The first-order chi connectivity index (χ1) is 15.5. The number of para-hydroxylation sites is 2. The Hall–Kier alpha value is -3.86. The Labute approximate surface area is 189 Å². The maximum atomic E-state index is 12.7. The number of nitrogens with one attached hydrogen (secondary N) is 2. The molecule has 12 heteroatoms. The van der Waals surface area contributed by atoms with Crippen LogP contribution in [0.25, 0.3) is 5.69 Å². The van der Waals surface area contributed by atoms with E-state index in [1.807, 2.05) is 0 Å². The highest BCUT2D eigenvalue weighted by molar-refractivity contribution is 6.30. The van der Waals surface area contributed by atoms with E-state index in [1.165, 1.54) is 48.5 Å². The zero-order valence-corrected chi connectivity index (χ0v) is 17.7. The number of aliphatic imine (C=N–C) groups is 1. The zero-order chi connectivity index (χ0) is 24.3. The predicted octanol–water partition coefficient (Wildman–Crippen LogP) is 3.92. The van der Waals surface area contributed by atoms with Crippen LogP contribution in [0.1, 0.15) is 18.9 Å². The molecule has 0 unspecified atom stereocenters. The van der Waals surface area contributed by atoms with E-state index in [9.17, 15) is 32.7 Å². The molecule has 0 aliphatic heterocycles. The standard InChI is InChI=1S/C21H16ClF3N4O4/c1-2-13(26-14-5-3-4-6-15(14)27-19(32)21(23,24)25)16-17(30)28-20(33)29(18(16)31)12-9-7-11(22)8-10-12/h3-10,31H,2H2,1H3,(H,27,32)(H,28,30,33). The lowest BCUT2D eigenvalue weighted by Gasteiger charge is -2.14. The lowest BCUT2D eigenvalue weighted by atomic mass is 10.1. The van der Waals surface area contributed by atoms with Gasteiger partial charge in [0.05, 0.1) is 22.8 Å². The largest absolute Gasteiger partial charge is 0.493 e. The quantitative estimate of drug-likeness (QED) is 0.480. The van der Waals surface area contributed by atoms with Crippen LogP contribution in [0.4, 0.5) is 24.5 Å². The number of anilines is 1. The number of rotatable bonds is 5. The van der Waals surface area contributed by atoms with E-state index < -0.39 is 29.2 Å². The van der Waals surface area contributed by atoms with Crippen LogP contribution in [-0.2, 0) is 4.79 Å². The van der Waals surface area contributed by atoms with Gasteiger partial charge >= 0.3 is 17.8 Å². The van der Waals surface area contributed by atoms with Gasteiger partial charge in [0.15, 0.2) is 0 Å². The van der Waals surface area contributed by atoms with E-state index in [-0.39, 0.29) is 34.8 Å². The fourth-order valence-electron chi connectivity index (χ4n) is 2.94. The van der Waals surface area contributed by atoms with Crippen LogP contribution in [0, 0.1) is 0 Å². The summed E-state index contributed by atoms with van der Waals surface area (Å²) in [5, 5.41) is 12.9. The highest BCUT2D eigenvalue weighted by Gasteiger charge is 2.39. The number of aromatic amines is 1. The number of H-pyrrole nitrogens is 1. The van der Waals surface area contributed by atoms with Crippen LogP contribution >= 0.6 is 11.6 Å². The summed E-state index contributed by atoms with van der Waals surface area (Å²) in [6.07, 6.45) is -5.06. The van der Waals surface area contributed by atoms with Crippen molar-refractivity contribution in [3.63, 3.8) is 0 Å². The van der Waals surface area contributed by atoms with Gasteiger partial charge in [0.2, 0.25) is 5.88 Å². The number of hydrogen-bond donors (Lipinski definition) is 3. The van der Waals surface area contributed by atoms with Gasteiger partial charge in [0.1, 0.15) is 5.56 Å². The molecule has 1 heterocycles. The van der Waals surface area contributed by atoms with Gasteiger partial charge in [-0.3, -0.25) is 19.6 Å². The van der Waals surface area contributed by atoms with Crippen molar-refractivity contribution in [1.82, 2.24) is 9.55 Å². The number of nitrogens with zero attached hydrogens (tertiary/aromatic N) is 2. The molecule has 0 atom stereocenters. The monoisotopic (exact) mass is 480 g/mol. The molecule has 0 aliphatic carbocycles. The molecule has 33 heavy (non-hydrogen) atoms. The van der Waals surface area contributed by atoms with Crippen molar-refractivity contribution in [2.45, 2.75) is 19.5 Å². The molecule has 2 aromatic carbocycles. The van der Waals surface area contributed by atoms with Crippen LogP contribution in [0.15, 0.2) is 63.1 Å². The molecule has 0 saturated heterocycles. The Morgan fingerprint density at radius 1 is 1.15 bits per heavy atom. The van der Waals surface area contributed by atoms with Crippen LogP contribution < -0.4 is 16.6 Å². The van der Waals surface area contributed by atoms with Crippen molar-refractivity contribution < 1.29 is 23.1 Å². The van der Waals surface area contributed by atoms with Gasteiger partial charge in [-0.15, -0.1) is 0 Å². The molecule has 3 N–H and O–H groups in total. The van der Waals surface area contributed by atoms with Crippen molar-refractivity contribution in [3.8, 4) is 11.6 Å². The highest BCUT2D eigenvalue weighted by atomic mass is 35.5. The summed E-state index contributed by atoms with van der Waals surface area (Å²) in [5.74, 6) is -2.91. The second-order valence-corrected chi connectivity index (χ2v) is 7.09. The Balaban J connectivity index is 2.16. The van der Waals surface area contributed by atoms with Gasteiger partial charge in [-0.25, -0.2) is 9.36 Å². The maximum absolute atomic E-state index is 12.7. The van der Waals surface area contributed by atoms with E-state index in [2.05, 4.69) is 9.98 Å². The maximum Gasteiger partial charge on any atom is 0.471 e. The van der Waals surface area contributed by atoms with E-state index in [1.54, 1.807) is 12.2 Å². The number of carbonyl (C=O) groups is 1. The average Bonchev–Trinajstić information content (AvgIpc) is 2.74. The first kappa shape index (κ1) is 23.8. The van der Waals surface area contributed by atoms with E-state index in [4.69, 9.17) is 11.6 Å². The fourth-order valence-corrected chi connectivity index (χ4v) is 3.07. The van der Waals surface area contributed by atoms with Gasteiger partial charge in [0.25, 0.3) is 5.56 Å². The predicted molar refractivity (Wildman–Crippen MR) is 117 cm³/mol. The minimum atomic E-state index is -5.12. The first-order valence-corrected chi connectivity index (χ1v) is 9.80. The van der Waals surface area contributed by atoms with Gasteiger partial charge in [0, 0.05) is 5.02 Å². The van der Waals surface area contributed by atoms with Crippen molar-refractivity contribution in [3.05, 3.63) is 80.0 Å². The molecule has 0 radical (unpaired) electrons. The summed E-state index contributed by atoms with van der Waals surface area (Å²) < 4.78 is 38.8. The van der Waals surface area contributed by atoms with Crippen LogP contribution in [0.3, 0.4) is 0 Å². The summed E-state index contributed by atoms with van der Waals surface area (Å²) >= 11 is 5.85. The number of carbonyl (C=O) groups excluding carboxylic acids is 1. The van der Waals surface area contributed by atoms with Crippen LogP contribution in [-0.4, -0.2) is 32.5 Å². The fraction of sp³-hybridized carbons (Fsp3) is 0.143. The Bertz CT molecular complexity index is 1350. The molecule has 0 fully saturated rings. The lowest BCUT2D eigenvalue weighted by Crippen LogP contribution is -2.33. The Morgan fingerprint density at radius 3 is 2.39 bits per heavy atom. The zero-order valence-electron chi connectivity index (χ0n) is 16.9. The van der Waals surface area contributed by atoms with Gasteiger partial charge < -0.3 is 10.4 Å². The molecule has 0 saturated carbocycles. The van der Waals surface area contributed by atoms with Crippen LogP contribution in [0.5, 0.6) is 5.88 Å². The third-order valence-electron chi connectivity index (χ3n) is 4.46. The second kappa shape index (κ2) is 9.33. The number of benzene rings is 2. The summed E-state index contributed by atoms with van der Waals surface area (Å²) in [6, 6.07) is 11.2. The Kier molecular flexibility index (Phi) is 6.73. The number of hydrogen-bond acceptors (Lipinski definition) is 5. The summed E-state index contributed by atoms with van der Waals surface area (Å²) in [7, 11) is 0. The molecule has 172 valence electrons. The molecule has 1 amide bonds. The molecule has 3 rings (SSSR count). The van der Waals surface area contributed by atoms with Crippen molar-refractivity contribution in [2.24, 2.45) is 4.99 Å². The summed E-state index contributed by atoms with van der Waals surface area (Å²) in [5.41, 5.74) is -2.40. The Morgan fingerprint density at radius 2 is 1.79 bits per heavy atom. The van der Waals surface area contributed by atoms with E-state index >= 15 is 0 Å². The molecule has 0 bridgehead atoms. The summed E-state index contributed by atoms with van der Waals surface area (Å²) in [4.78, 5) is 42.5. The number of aromatic hydroxyl groups is 1. The number of alkyl halides is 3. The van der Waals surface area contributed by atoms with Crippen molar-refractivity contribution in [2.75, 3.05) is 5.32 Å². The SMILES string of the molecule is CCC(=Nc1ccccc1NC(=O)C(F)(F)F)c1c(O)n(-c2ccc(Cl)cc2)c(=O)[nH]c1=O. The van der Waals surface area contributed by atoms with Gasteiger partial charge in [-0.2, -0.15) is 13.2 Å². The summed E-state index contributed by atoms with van der Waals surface area (Å²) in [6.45, 7) is 1.59. The molecule has 1 aromatic heterocycles. The third-order valence-corrected chi connectivity index (χ3v) is 4.71. The number of aromatic nitrogens is 2. The van der Waals surface area contributed by atoms with E-state index in [0.29, 0.717) is 5.02 Å². The smallest absolute Gasteiger partial charge is 0.471 e. The van der Waals surface area contributed by atoms with Crippen molar-refractivity contribution >= 4 is 34.6 Å². The van der Waals surface area contributed by atoms with Crippen LogP contribution in [0.2, 0.25) is 5.02 Å². The molecule has 3 aromatic rings. The average molecular weight is 481 g/mol. The minimum Gasteiger partial charge on any atom is -0.493 e. The molecular weight excluding hydrogens is 465 g/mol. The normalized spacial score (nSPS) is 12.0. The second-order valence-electron chi connectivity index (χ2n) is 6.65. The minimum absolute atomic E-state index is 0.0369. The molecule has 8 nitrogen and oxygen atoms in total. The number of amides is 1.